The number of carbonyl (C=O) groups excluding carboxylic acids is 5. The molecule has 0 amide bonds. The number of benzene rings is 2. The van der Waals surface area contributed by atoms with Gasteiger partial charge in [0.1, 0.15) is 18.0 Å². The Labute approximate surface area is 258 Å². The molecule has 0 radical (unpaired) electrons. The second-order valence-electron chi connectivity index (χ2n) is 12.5. The summed E-state index contributed by atoms with van der Waals surface area (Å²) in [7, 11) is 0. The number of allylic oxidation sites excluding steroid dienone is 2. The minimum atomic E-state index is -1.67. The van der Waals surface area contributed by atoms with E-state index in [9.17, 15) is 24.0 Å². The number of fused-ring (bicyclic) bond motifs is 1. The van der Waals surface area contributed by atoms with E-state index in [-0.39, 0.29) is 30.3 Å². The quantitative estimate of drug-likeness (QED) is 0.230. The van der Waals surface area contributed by atoms with Crippen molar-refractivity contribution in [2.75, 3.05) is 0 Å². The predicted molar refractivity (Wildman–Crippen MR) is 164 cm³/mol. The van der Waals surface area contributed by atoms with Crippen LogP contribution in [-0.4, -0.2) is 47.3 Å². The third-order valence-electron chi connectivity index (χ3n) is 8.59. The second-order valence-corrected chi connectivity index (χ2v) is 12.5. The summed E-state index contributed by atoms with van der Waals surface area (Å²) in [6.45, 7) is 9.97. The molecule has 232 valence electrons. The lowest BCUT2D eigenvalue weighted by atomic mass is 9.76. The molecule has 2 aromatic carbocycles. The van der Waals surface area contributed by atoms with Crippen LogP contribution in [0.15, 0.2) is 84.5 Å². The molecule has 0 aromatic heterocycles. The normalized spacial score (nSPS) is 28.5. The maximum absolute atomic E-state index is 14.3. The van der Waals surface area contributed by atoms with Crippen molar-refractivity contribution in [3.05, 3.63) is 95.6 Å². The molecule has 4 rings (SSSR count). The first-order valence-corrected chi connectivity index (χ1v) is 14.9. The fraction of sp³-hybridized carbons (Fsp3) is 0.417. The number of esters is 3. The molecule has 0 N–H and O–H groups in total. The highest BCUT2D eigenvalue weighted by Crippen LogP contribution is 2.48. The van der Waals surface area contributed by atoms with Crippen molar-refractivity contribution in [1.29, 1.82) is 0 Å². The van der Waals surface area contributed by atoms with Gasteiger partial charge in [0, 0.05) is 31.1 Å². The lowest BCUT2D eigenvalue weighted by Crippen LogP contribution is -2.50. The Bertz CT molecular complexity index is 1470. The Kier molecular flexibility index (Phi) is 9.72. The van der Waals surface area contributed by atoms with E-state index in [0.29, 0.717) is 16.7 Å². The standard InChI is InChI=1S/C36H40O8/c1-22-17-18-35(5,6)30(38)20-29(42-33(40)26-13-9-7-10-14-26)23(2)19-28-31(43-34(41)27-15-11-8-12-16-27)24(3)21-36(28,32(22)39)44-25(4)37/h7-19,22,24,28-29,31H,20-21H2,1-6H3/t22-,24-,28+,29-,31+,36-/m1/s1. The van der Waals surface area contributed by atoms with Crippen molar-refractivity contribution in [1.82, 2.24) is 0 Å². The summed E-state index contributed by atoms with van der Waals surface area (Å²) in [5.41, 5.74) is -1.51. The molecule has 0 saturated heterocycles. The second kappa shape index (κ2) is 13.1. The fourth-order valence-electron chi connectivity index (χ4n) is 6.06. The van der Waals surface area contributed by atoms with Crippen LogP contribution in [0.5, 0.6) is 0 Å². The summed E-state index contributed by atoms with van der Waals surface area (Å²) in [5.74, 6) is -4.43. The molecule has 0 bridgehead atoms. The Balaban J connectivity index is 1.86. The number of hydrogen-bond donors (Lipinski definition) is 0. The van der Waals surface area contributed by atoms with E-state index in [2.05, 4.69) is 0 Å². The van der Waals surface area contributed by atoms with Crippen molar-refractivity contribution in [3.8, 4) is 0 Å². The molecule has 2 aliphatic rings. The molecule has 0 spiro atoms. The molecule has 44 heavy (non-hydrogen) atoms. The summed E-state index contributed by atoms with van der Waals surface area (Å²) < 4.78 is 17.9. The van der Waals surface area contributed by atoms with E-state index in [1.54, 1.807) is 107 Å². The van der Waals surface area contributed by atoms with Gasteiger partial charge in [-0.25, -0.2) is 9.59 Å². The van der Waals surface area contributed by atoms with Crippen molar-refractivity contribution in [2.24, 2.45) is 23.2 Å². The summed E-state index contributed by atoms with van der Waals surface area (Å²) in [5, 5.41) is 0. The minimum absolute atomic E-state index is 0.113. The maximum Gasteiger partial charge on any atom is 0.338 e. The van der Waals surface area contributed by atoms with Crippen LogP contribution in [0.25, 0.3) is 0 Å². The largest absolute Gasteiger partial charge is 0.458 e. The van der Waals surface area contributed by atoms with Crippen molar-refractivity contribution in [3.63, 3.8) is 0 Å². The third-order valence-corrected chi connectivity index (χ3v) is 8.59. The minimum Gasteiger partial charge on any atom is -0.458 e. The van der Waals surface area contributed by atoms with Crippen molar-refractivity contribution in [2.45, 2.75) is 72.2 Å². The van der Waals surface area contributed by atoms with E-state index >= 15 is 0 Å². The zero-order valence-corrected chi connectivity index (χ0v) is 26.1. The molecular formula is C36H40O8. The average molecular weight is 601 g/mol. The highest BCUT2D eigenvalue weighted by Gasteiger charge is 2.60. The van der Waals surface area contributed by atoms with Gasteiger partial charge >= 0.3 is 17.9 Å². The van der Waals surface area contributed by atoms with Gasteiger partial charge < -0.3 is 14.2 Å². The molecule has 0 heterocycles. The summed E-state index contributed by atoms with van der Waals surface area (Å²) in [6.07, 6.45) is 3.15. The van der Waals surface area contributed by atoms with Gasteiger partial charge in [-0.3, -0.25) is 14.4 Å². The zero-order chi connectivity index (χ0) is 32.2. The highest BCUT2D eigenvalue weighted by molar-refractivity contribution is 5.95. The summed E-state index contributed by atoms with van der Waals surface area (Å²) >= 11 is 0. The first-order chi connectivity index (χ1) is 20.7. The molecule has 1 saturated carbocycles. The van der Waals surface area contributed by atoms with Crippen LogP contribution in [0.2, 0.25) is 0 Å². The Hall–Kier alpha value is -4.33. The van der Waals surface area contributed by atoms with E-state index in [0.717, 1.165) is 0 Å². The van der Waals surface area contributed by atoms with Crippen LogP contribution in [0.1, 0.15) is 75.1 Å². The lowest BCUT2D eigenvalue weighted by Gasteiger charge is -2.36. The molecule has 0 unspecified atom stereocenters. The van der Waals surface area contributed by atoms with Gasteiger partial charge in [-0.2, -0.15) is 0 Å². The lowest BCUT2D eigenvalue weighted by molar-refractivity contribution is -0.171. The van der Waals surface area contributed by atoms with Gasteiger partial charge in [0.15, 0.2) is 11.4 Å². The molecular weight excluding hydrogens is 560 g/mol. The molecule has 0 aliphatic heterocycles. The van der Waals surface area contributed by atoms with Gasteiger partial charge in [0.25, 0.3) is 0 Å². The Morgan fingerprint density at radius 3 is 1.93 bits per heavy atom. The Morgan fingerprint density at radius 1 is 0.841 bits per heavy atom. The van der Waals surface area contributed by atoms with Gasteiger partial charge in [-0.05, 0) is 56.5 Å². The molecule has 2 aromatic rings. The van der Waals surface area contributed by atoms with Crippen LogP contribution in [0.4, 0.5) is 0 Å². The summed E-state index contributed by atoms with van der Waals surface area (Å²) in [6, 6.07) is 16.9. The number of Topliss-reactive ketones (excluding diaryl/α,β-unsaturated/α-hetero) is 2. The van der Waals surface area contributed by atoms with Gasteiger partial charge in [0.05, 0.1) is 17.0 Å². The first kappa shape index (κ1) is 32.6. The van der Waals surface area contributed by atoms with Crippen LogP contribution in [0.3, 0.4) is 0 Å². The van der Waals surface area contributed by atoms with Crippen LogP contribution < -0.4 is 0 Å². The van der Waals surface area contributed by atoms with Gasteiger partial charge in [-0.1, -0.05) is 68.5 Å². The van der Waals surface area contributed by atoms with Crippen molar-refractivity contribution < 1.29 is 38.2 Å². The van der Waals surface area contributed by atoms with E-state index in [1.807, 2.05) is 6.92 Å². The van der Waals surface area contributed by atoms with Crippen LogP contribution in [-0.2, 0) is 28.6 Å². The molecule has 2 aliphatic carbocycles. The van der Waals surface area contributed by atoms with Gasteiger partial charge in [-0.15, -0.1) is 0 Å². The zero-order valence-electron chi connectivity index (χ0n) is 26.1. The van der Waals surface area contributed by atoms with E-state index in [1.165, 1.54) is 6.92 Å². The topological polar surface area (TPSA) is 113 Å². The molecule has 6 atom stereocenters. The monoisotopic (exact) mass is 600 g/mol. The van der Waals surface area contributed by atoms with Gasteiger partial charge in [0.2, 0.25) is 0 Å². The maximum atomic E-state index is 14.3. The average Bonchev–Trinajstić information content (AvgIpc) is 3.24. The van der Waals surface area contributed by atoms with Crippen LogP contribution in [0, 0.1) is 23.2 Å². The number of rotatable bonds is 5. The number of hydrogen-bond acceptors (Lipinski definition) is 8. The summed E-state index contributed by atoms with van der Waals surface area (Å²) in [4.78, 5) is 66.9. The number of ether oxygens (including phenoxy) is 3. The van der Waals surface area contributed by atoms with E-state index < -0.39 is 53.0 Å². The fourth-order valence-corrected chi connectivity index (χ4v) is 6.06. The Morgan fingerprint density at radius 2 is 1.39 bits per heavy atom. The predicted octanol–water partition coefficient (Wildman–Crippen LogP) is 6.10. The molecule has 1 fully saturated rings. The smallest absolute Gasteiger partial charge is 0.338 e. The number of carbonyl (C=O) groups is 5. The van der Waals surface area contributed by atoms with Crippen LogP contribution >= 0.6 is 0 Å². The SMILES string of the molecule is CC(=O)O[C@]12C[C@@H](C)[C@H](OC(=O)c3ccccc3)[C@@H]1C=C(C)[C@H](OC(=O)c1ccccc1)CC(=O)C(C)(C)C=C[C@@H](C)C2=O. The van der Waals surface area contributed by atoms with E-state index in [4.69, 9.17) is 14.2 Å². The first-order valence-electron chi connectivity index (χ1n) is 14.9. The molecule has 8 heteroatoms. The van der Waals surface area contributed by atoms with Crippen molar-refractivity contribution >= 4 is 29.5 Å². The number of ketones is 2. The molecule has 8 nitrogen and oxygen atoms in total. The highest BCUT2D eigenvalue weighted by atomic mass is 16.6. The third kappa shape index (κ3) is 6.90.